The summed E-state index contributed by atoms with van der Waals surface area (Å²) in [5, 5.41) is 19.8. The van der Waals surface area contributed by atoms with E-state index in [4.69, 9.17) is 0 Å². The SMILES string of the molecule is CC.CNc1cc(-n2nnc(C3CC3)n2)ccc1C.O=Cc1cnn2ccc(Br)cc12. The summed E-state index contributed by atoms with van der Waals surface area (Å²) in [4.78, 5) is 12.1. The summed E-state index contributed by atoms with van der Waals surface area (Å²) in [6, 6.07) is 9.83. The molecule has 4 aromatic rings. The van der Waals surface area contributed by atoms with Crippen molar-refractivity contribution >= 4 is 33.4 Å². The summed E-state index contributed by atoms with van der Waals surface area (Å²) < 4.78 is 2.60. The molecule has 31 heavy (non-hydrogen) atoms. The summed E-state index contributed by atoms with van der Waals surface area (Å²) >= 11 is 3.32. The number of pyridine rings is 1. The monoisotopic (exact) mass is 483 g/mol. The number of aryl methyl sites for hydroxylation is 1. The van der Waals surface area contributed by atoms with Crippen LogP contribution in [0.25, 0.3) is 11.2 Å². The molecule has 0 saturated heterocycles. The number of nitrogens with zero attached hydrogens (tertiary/aromatic N) is 6. The first-order valence-electron chi connectivity index (χ1n) is 10.3. The molecule has 162 valence electrons. The standard InChI is InChI=1S/C12H15N5.C8H5BrN2O.C2H6/c1-8-3-6-10(7-11(8)13-2)17-15-12(14-16-17)9-4-5-9;9-7-1-2-11-8(3-7)6(5-12)4-10-11;1-2/h3,6-7,9,13H,4-5H2,1-2H3;1-5H;1-2H3. The molecule has 1 aromatic carbocycles. The molecule has 5 rings (SSSR count). The van der Waals surface area contributed by atoms with Crippen molar-refractivity contribution < 1.29 is 4.79 Å². The number of aromatic nitrogens is 6. The van der Waals surface area contributed by atoms with Gasteiger partial charge in [-0.1, -0.05) is 35.8 Å². The van der Waals surface area contributed by atoms with E-state index < -0.39 is 0 Å². The van der Waals surface area contributed by atoms with Crippen molar-refractivity contribution in [1.82, 2.24) is 29.8 Å². The van der Waals surface area contributed by atoms with Gasteiger partial charge in [-0.2, -0.15) is 5.10 Å². The van der Waals surface area contributed by atoms with E-state index in [1.165, 1.54) is 18.4 Å². The second-order valence-electron chi connectivity index (χ2n) is 6.85. The average Bonchev–Trinajstić information content (AvgIpc) is 3.39. The quantitative estimate of drug-likeness (QED) is 0.418. The minimum absolute atomic E-state index is 0.540. The normalized spacial score (nSPS) is 12.4. The third-order valence-electron chi connectivity index (χ3n) is 4.73. The van der Waals surface area contributed by atoms with Crippen molar-refractivity contribution in [3.8, 4) is 5.69 Å². The average molecular weight is 484 g/mol. The lowest BCUT2D eigenvalue weighted by Crippen LogP contribution is -2.01. The van der Waals surface area contributed by atoms with E-state index in [1.807, 2.05) is 45.2 Å². The Bertz CT molecular complexity index is 1160. The molecule has 1 saturated carbocycles. The Morgan fingerprint density at radius 2 is 1.97 bits per heavy atom. The third kappa shape index (κ3) is 5.35. The van der Waals surface area contributed by atoms with E-state index in [0.717, 1.165) is 33.5 Å². The first-order valence-corrected chi connectivity index (χ1v) is 11.0. The Hall–Kier alpha value is -3.07. The number of rotatable bonds is 4. The van der Waals surface area contributed by atoms with Gasteiger partial charge >= 0.3 is 0 Å². The fourth-order valence-electron chi connectivity index (χ4n) is 2.91. The number of fused-ring (bicyclic) bond motifs is 1. The molecule has 9 heteroatoms. The van der Waals surface area contributed by atoms with Crippen LogP contribution in [0, 0.1) is 6.92 Å². The van der Waals surface area contributed by atoms with Crippen LogP contribution in [0.3, 0.4) is 0 Å². The molecule has 0 aliphatic heterocycles. The van der Waals surface area contributed by atoms with E-state index in [2.05, 4.69) is 54.7 Å². The lowest BCUT2D eigenvalue weighted by atomic mass is 10.2. The molecule has 0 spiro atoms. The molecule has 1 fully saturated rings. The van der Waals surface area contributed by atoms with Gasteiger partial charge < -0.3 is 5.32 Å². The number of anilines is 1. The van der Waals surface area contributed by atoms with E-state index in [-0.39, 0.29) is 0 Å². The number of tetrazole rings is 1. The number of hydrogen-bond acceptors (Lipinski definition) is 6. The predicted molar refractivity (Wildman–Crippen MR) is 125 cm³/mol. The molecular weight excluding hydrogens is 458 g/mol. The van der Waals surface area contributed by atoms with Gasteiger partial charge in [-0.25, -0.2) is 4.52 Å². The molecule has 3 heterocycles. The van der Waals surface area contributed by atoms with Gasteiger partial charge in [0.25, 0.3) is 0 Å². The number of benzene rings is 1. The van der Waals surface area contributed by atoms with E-state index in [0.29, 0.717) is 11.5 Å². The largest absolute Gasteiger partial charge is 0.388 e. The molecule has 0 unspecified atom stereocenters. The van der Waals surface area contributed by atoms with Gasteiger partial charge in [0.1, 0.15) is 0 Å². The van der Waals surface area contributed by atoms with Crippen LogP contribution in [-0.4, -0.2) is 43.2 Å². The van der Waals surface area contributed by atoms with Crippen LogP contribution in [0.5, 0.6) is 0 Å². The smallest absolute Gasteiger partial charge is 0.178 e. The molecule has 0 radical (unpaired) electrons. The van der Waals surface area contributed by atoms with Crippen LogP contribution in [0.1, 0.15) is 54.4 Å². The molecule has 0 amide bonds. The van der Waals surface area contributed by atoms with Crippen LogP contribution in [0.4, 0.5) is 5.69 Å². The number of nitrogens with one attached hydrogen (secondary N) is 1. The molecule has 8 nitrogen and oxygen atoms in total. The molecule has 0 atom stereocenters. The number of carbonyl (C=O) groups excluding carboxylic acids is 1. The molecule has 1 aliphatic rings. The van der Waals surface area contributed by atoms with Gasteiger partial charge in [-0.05, 0) is 54.8 Å². The maximum Gasteiger partial charge on any atom is 0.178 e. The molecule has 1 N–H and O–H groups in total. The zero-order chi connectivity index (χ0) is 22.4. The van der Waals surface area contributed by atoms with Crippen molar-refractivity contribution in [2.45, 2.75) is 39.5 Å². The number of halogens is 1. The van der Waals surface area contributed by atoms with Crippen LogP contribution >= 0.6 is 15.9 Å². The summed E-state index contributed by atoms with van der Waals surface area (Å²) in [5.41, 5.74) is 4.67. The highest BCUT2D eigenvalue weighted by atomic mass is 79.9. The van der Waals surface area contributed by atoms with E-state index in [9.17, 15) is 4.79 Å². The lowest BCUT2D eigenvalue weighted by Gasteiger charge is -2.06. The first-order chi connectivity index (χ1) is 15.1. The second kappa shape index (κ2) is 10.3. The van der Waals surface area contributed by atoms with Crippen LogP contribution in [0.15, 0.2) is 47.2 Å². The second-order valence-corrected chi connectivity index (χ2v) is 7.77. The minimum Gasteiger partial charge on any atom is -0.388 e. The zero-order valence-electron chi connectivity index (χ0n) is 18.1. The van der Waals surface area contributed by atoms with Crippen molar-refractivity contribution in [1.29, 1.82) is 0 Å². The zero-order valence-corrected chi connectivity index (χ0v) is 19.7. The van der Waals surface area contributed by atoms with Gasteiger partial charge in [0.05, 0.1) is 23.0 Å². The van der Waals surface area contributed by atoms with Crippen molar-refractivity contribution in [3.05, 3.63) is 64.1 Å². The Morgan fingerprint density at radius 1 is 1.19 bits per heavy atom. The molecule has 1 aliphatic carbocycles. The number of hydrogen-bond donors (Lipinski definition) is 1. The topological polar surface area (TPSA) is 90.0 Å². The Balaban J connectivity index is 0.000000171. The third-order valence-corrected chi connectivity index (χ3v) is 5.23. The van der Waals surface area contributed by atoms with Gasteiger partial charge in [0.2, 0.25) is 0 Å². The minimum atomic E-state index is 0.540. The number of aldehydes is 1. The summed E-state index contributed by atoms with van der Waals surface area (Å²) in [6.07, 6.45) is 6.54. The highest BCUT2D eigenvalue weighted by Gasteiger charge is 2.28. The molecule has 3 aromatic heterocycles. The van der Waals surface area contributed by atoms with Crippen LogP contribution < -0.4 is 5.32 Å². The van der Waals surface area contributed by atoms with Gasteiger partial charge in [-0.15, -0.1) is 15.0 Å². The predicted octanol–water partition coefficient (Wildman–Crippen LogP) is 4.83. The van der Waals surface area contributed by atoms with E-state index >= 15 is 0 Å². The highest BCUT2D eigenvalue weighted by Crippen LogP contribution is 2.37. The summed E-state index contributed by atoms with van der Waals surface area (Å²) in [7, 11) is 1.91. The maximum absolute atomic E-state index is 10.5. The Kier molecular flexibility index (Phi) is 7.51. The Labute approximate surface area is 189 Å². The van der Waals surface area contributed by atoms with Gasteiger partial charge in [-0.3, -0.25) is 4.79 Å². The van der Waals surface area contributed by atoms with E-state index in [1.54, 1.807) is 21.7 Å². The fraction of sp³-hybridized carbons (Fsp3) is 0.318. The van der Waals surface area contributed by atoms with Crippen LogP contribution in [-0.2, 0) is 0 Å². The van der Waals surface area contributed by atoms with Crippen molar-refractivity contribution in [3.63, 3.8) is 0 Å². The van der Waals surface area contributed by atoms with Gasteiger partial charge in [0, 0.05) is 29.3 Å². The summed E-state index contributed by atoms with van der Waals surface area (Å²) in [5.74, 6) is 1.41. The molecule has 0 bridgehead atoms. The van der Waals surface area contributed by atoms with Crippen molar-refractivity contribution in [2.24, 2.45) is 0 Å². The fourth-order valence-corrected chi connectivity index (χ4v) is 3.24. The lowest BCUT2D eigenvalue weighted by molar-refractivity contribution is 0.112. The maximum atomic E-state index is 10.5. The van der Waals surface area contributed by atoms with Crippen LogP contribution in [0.2, 0.25) is 0 Å². The Morgan fingerprint density at radius 3 is 2.65 bits per heavy atom. The first kappa shape index (κ1) is 22.6. The number of carbonyl (C=O) groups is 1. The highest BCUT2D eigenvalue weighted by molar-refractivity contribution is 9.10. The summed E-state index contributed by atoms with van der Waals surface area (Å²) in [6.45, 7) is 6.07. The molecular formula is C22H26BrN7O. The van der Waals surface area contributed by atoms with Gasteiger partial charge in [0.15, 0.2) is 12.1 Å². The van der Waals surface area contributed by atoms with Crippen molar-refractivity contribution in [2.75, 3.05) is 12.4 Å².